The summed E-state index contributed by atoms with van der Waals surface area (Å²) < 4.78 is 33.9. The molecule has 3 aromatic rings. The normalized spacial score (nSPS) is 11.7. The number of benzene rings is 1. The third-order valence-electron chi connectivity index (χ3n) is 4.21. The standard InChI is InChI=1S/C19H18F2N4O3S/c1-28-18(26)15-4-2-13(6-16(15)21)17-5-3-14(29-17)10-24-11-23-25(19(24)27)9-12(7-20)8-22/h2-7,11H,8-10,22H2,1H3/b12-7+. The molecule has 29 heavy (non-hydrogen) atoms. The van der Waals surface area contributed by atoms with Crippen molar-refractivity contribution >= 4 is 17.3 Å². The largest absolute Gasteiger partial charge is 0.465 e. The van der Waals surface area contributed by atoms with Gasteiger partial charge in [-0.1, -0.05) is 6.07 Å². The van der Waals surface area contributed by atoms with Gasteiger partial charge < -0.3 is 10.5 Å². The Morgan fingerprint density at radius 1 is 1.34 bits per heavy atom. The quantitative estimate of drug-likeness (QED) is 0.593. The van der Waals surface area contributed by atoms with Crippen molar-refractivity contribution in [1.29, 1.82) is 0 Å². The van der Waals surface area contributed by atoms with Crippen molar-refractivity contribution in [3.8, 4) is 10.4 Å². The van der Waals surface area contributed by atoms with Gasteiger partial charge in [0.25, 0.3) is 0 Å². The van der Waals surface area contributed by atoms with E-state index in [1.165, 1.54) is 41.5 Å². The van der Waals surface area contributed by atoms with Crippen LogP contribution >= 0.6 is 11.3 Å². The summed E-state index contributed by atoms with van der Waals surface area (Å²) >= 11 is 1.38. The average molecular weight is 420 g/mol. The zero-order valence-corrected chi connectivity index (χ0v) is 16.3. The number of aromatic nitrogens is 3. The third-order valence-corrected chi connectivity index (χ3v) is 5.33. The number of hydrogen-bond donors (Lipinski definition) is 1. The molecule has 3 rings (SSSR count). The third kappa shape index (κ3) is 4.49. The average Bonchev–Trinajstić information content (AvgIpc) is 3.33. The Bertz CT molecular complexity index is 1120. The maximum atomic E-state index is 14.2. The van der Waals surface area contributed by atoms with Crippen molar-refractivity contribution in [3.63, 3.8) is 0 Å². The van der Waals surface area contributed by atoms with Gasteiger partial charge in [0.2, 0.25) is 0 Å². The number of ether oxygens (including phenoxy) is 1. The van der Waals surface area contributed by atoms with Crippen molar-refractivity contribution in [3.05, 3.63) is 75.3 Å². The highest BCUT2D eigenvalue weighted by Gasteiger charge is 2.14. The Morgan fingerprint density at radius 2 is 2.14 bits per heavy atom. The molecule has 2 heterocycles. The van der Waals surface area contributed by atoms with Gasteiger partial charge in [-0.05, 0) is 35.4 Å². The summed E-state index contributed by atoms with van der Waals surface area (Å²) in [5.41, 5.74) is 5.75. The summed E-state index contributed by atoms with van der Waals surface area (Å²) in [7, 11) is 1.19. The summed E-state index contributed by atoms with van der Waals surface area (Å²) in [6.45, 7) is 0.249. The first-order chi connectivity index (χ1) is 14.0. The van der Waals surface area contributed by atoms with Crippen LogP contribution < -0.4 is 11.4 Å². The SMILES string of the molecule is COC(=O)c1ccc(-c2ccc(Cn3cnn(C/C(=C/F)CN)c3=O)s2)cc1F. The van der Waals surface area contributed by atoms with E-state index < -0.39 is 11.8 Å². The van der Waals surface area contributed by atoms with Crippen LogP contribution in [0.3, 0.4) is 0 Å². The molecule has 1 aromatic carbocycles. The number of halogens is 2. The fourth-order valence-corrected chi connectivity index (χ4v) is 3.66. The fourth-order valence-electron chi connectivity index (χ4n) is 2.65. The Labute approximate surface area is 168 Å². The molecule has 2 N–H and O–H groups in total. The molecule has 0 radical (unpaired) electrons. The molecular weight excluding hydrogens is 402 g/mol. The monoisotopic (exact) mass is 420 g/mol. The Hall–Kier alpha value is -3.11. The number of carbonyl (C=O) groups excluding carboxylic acids is 1. The lowest BCUT2D eigenvalue weighted by Crippen LogP contribution is -2.26. The maximum Gasteiger partial charge on any atom is 0.346 e. The van der Waals surface area contributed by atoms with Crippen molar-refractivity contribution in [2.45, 2.75) is 13.1 Å². The van der Waals surface area contributed by atoms with Crippen LogP contribution in [-0.2, 0) is 17.8 Å². The van der Waals surface area contributed by atoms with Crippen molar-refractivity contribution in [2.24, 2.45) is 5.73 Å². The number of carbonyl (C=O) groups is 1. The number of hydrogen-bond acceptors (Lipinski definition) is 6. The van der Waals surface area contributed by atoms with Gasteiger partial charge in [0.1, 0.15) is 12.1 Å². The molecule has 0 aliphatic carbocycles. The van der Waals surface area contributed by atoms with E-state index in [2.05, 4.69) is 9.84 Å². The van der Waals surface area contributed by atoms with Gasteiger partial charge in [-0.2, -0.15) is 5.10 Å². The van der Waals surface area contributed by atoms with Gasteiger partial charge in [-0.25, -0.2) is 23.1 Å². The van der Waals surface area contributed by atoms with Gasteiger partial charge in [-0.15, -0.1) is 11.3 Å². The summed E-state index contributed by atoms with van der Waals surface area (Å²) in [5.74, 6) is -1.41. The predicted molar refractivity (Wildman–Crippen MR) is 105 cm³/mol. The molecule has 0 aliphatic rings. The number of rotatable bonds is 7. The van der Waals surface area contributed by atoms with Crippen LogP contribution in [0.1, 0.15) is 15.2 Å². The van der Waals surface area contributed by atoms with Crippen LogP contribution in [0.15, 0.2) is 53.4 Å². The van der Waals surface area contributed by atoms with Crippen LogP contribution in [0.4, 0.5) is 8.78 Å². The van der Waals surface area contributed by atoms with E-state index in [0.29, 0.717) is 11.9 Å². The lowest BCUT2D eigenvalue weighted by atomic mass is 10.1. The van der Waals surface area contributed by atoms with Gasteiger partial charge >= 0.3 is 11.7 Å². The molecule has 0 unspecified atom stereocenters. The van der Waals surface area contributed by atoms with Crippen molar-refractivity contribution < 1.29 is 18.3 Å². The summed E-state index contributed by atoms with van der Waals surface area (Å²) in [6, 6.07) is 7.90. The van der Waals surface area contributed by atoms with E-state index in [4.69, 9.17) is 5.73 Å². The minimum atomic E-state index is -0.738. The second-order valence-electron chi connectivity index (χ2n) is 6.12. The minimum Gasteiger partial charge on any atom is -0.465 e. The second-order valence-corrected chi connectivity index (χ2v) is 7.29. The van der Waals surface area contributed by atoms with Crippen LogP contribution in [0.25, 0.3) is 10.4 Å². The first-order valence-electron chi connectivity index (χ1n) is 8.54. The van der Waals surface area contributed by atoms with Crippen LogP contribution in [-0.4, -0.2) is 34.0 Å². The molecule has 0 saturated carbocycles. The number of esters is 1. The lowest BCUT2D eigenvalue weighted by Gasteiger charge is -2.03. The van der Waals surface area contributed by atoms with Crippen molar-refractivity contribution in [1.82, 2.24) is 14.3 Å². The van der Waals surface area contributed by atoms with Crippen molar-refractivity contribution in [2.75, 3.05) is 13.7 Å². The number of nitrogens with zero attached hydrogens (tertiary/aromatic N) is 3. The highest BCUT2D eigenvalue weighted by molar-refractivity contribution is 7.15. The van der Waals surface area contributed by atoms with Gasteiger partial charge in [0.05, 0.1) is 32.1 Å². The minimum absolute atomic E-state index is 0.00455. The molecule has 0 bridgehead atoms. The molecule has 0 amide bonds. The number of nitrogens with two attached hydrogens (primary N) is 1. The zero-order valence-electron chi connectivity index (χ0n) is 15.5. The molecule has 0 saturated heterocycles. The summed E-state index contributed by atoms with van der Waals surface area (Å²) in [5, 5.41) is 3.97. The van der Waals surface area contributed by atoms with Crippen LogP contribution in [0, 0.1) is 5.82 Å². The Morgan fingerprint density at radius 3 is 2.79 bits per heavy atom. The van der Waals surface area contributed by atoms with E-state index in [9.17, 15) is 18.4 Å². The maximum absolute atomic E-state index is 14.2. The molecule has 0 atom stereocenters. The topological polar surface area (TPSA) is 92.1 Å². The summed E-state index contributed by atoms with van der Waals surface area (Å²) in [6.07, 6.45) is 1.75. The predicted octanol–water partition coefficient (Wildman–Crippen LogP) is 2.56. The molecular formula is C19H18F2N4O3S. The smallest absolute Gasteiger partial charge is 0.346 e. The first kappa shape index (κ1) is 20.6. The van der Waals surface area contributed by atoms with Crippen LogP contribution in [0.2, 0.25) is 0 Å². The molecule has 7 nitrogen and oxygen atoms in total. The fraction of sp³-hybridized carbons (Fsp3) is 0.211. The molecule has 0 fully saturated rings. The van der Waals surface area contributed by atoms with E-state index in [1.807, 2.05) is 6.07 Å². The zero-order chi connectivity index (χ0) is 21.0. The Balaban J connectivity index is 1.78. The summed E-state index contributed by atoms with van der Waals surface area (Å²) in [4.78, 5) is 25.5. The van der Waals surface area contributed by atoms with Crippen LogP contribution in [0.5, 0.6) is 0 Å². The molecule has 0 spiro atoms. The highest BCUT2D eigenvalue weighted by Crippen LogP contribution is 2.29. The Kier molecular flexibility index (Phi) is 6.35. The molecule has 0 aliphatic heterocycles. The first-order valence-corrected chi connectivity index (χ1v) is 9.35. The van der Waals surface area contributed by atoms with E-state index >= 15 is 0 Å². The highest BCUT2D eigenvalue weighted by atomic mass is 32.1. The lowest BCUT2D eigenvalue weighted by molar-refractivity contribution is 0.0595. The van der Waals surface area contributed by atoms with E-state index in [1.54, 1.807) is 12.1 Å². The van der Waals surface area contributed by atoms with E-state index in [-0.39, 0.29) is 36.5 Å². The van der Waals surface area contributed by atoms with Gasteiger partial charge in [-0.3, -0.25) is 4.57 Å². The molecule has 2 aromatic heterocycles. The molecule has 152 valence electrons. The van der Waals surface area contributed by atoms with Gasteiger partial charge in [0.15, 0.2) is 0 Å². The second kappa shape index (κ2) is 8.93. The molecule has 10 heteroatoms. The number of thiophene rings is 1. The van der Waals surface area contributed by atoms with E-state index in [0.717, 1.165) is 14.4 Å². The number of methoxy groups -OCH3 is 1. The van der Waals surface area contributed by atoms with Gasteiger partial charge in [0, 0.05) is 16.3 Å².